The zero-order chi connectivity index (χ0) is 13.5. The van der Waals surface area contributed by atoms with Gasteiger partial charge in [-0.2, -0.15) is 0 Å². The molecule has 112 valence electrons. The molecule has 1 atom stereocenters. The Kier molecular flexibility index (Phi) is 6.66. The molecule has 19 heavy (non-hydrogen) atoms. The zero-order valence-electron chi connectivity index (χ0n) is 13.2. The normalized spacial score (nSPS) is 22.3. The number of rotatable bonds is 10. The monoisotopic (exact) mass is 266 g/mol. The molecule has 0 aliphatic heterocycles. The molecule has 1 N–H and O–H groups in total. The molecule has 0 aromatic heterocycles. The zero-order valence-corrected chi connectivity index (χ0v) is 13.2. The van der Waals surface area contributed by atoms with Crippen molar-refractivity contribution in [2.75, 3.05) is 19.6 Å². The minimum Gasteiger partial charge on any atom is -0.312 e. The van der Waals surface area contributed by atoms with Crippen molar-refractivity contribution in [2.24, 2.45) is 5.92 Å². The van der Waals surface area contributed by atoms with Crippen molar-refractivity contribution in [1.29, 1.82) is 0 Å². The lowest BCUT2D eigenvalue weighted by Crippen LogP contribution is -2.46. The van der Waals surface area contributed by atoms with Crippen LogP contribution in [0.2, 0.25) is 0 Å². The van der Waals surface area contributed by atoms with Gasteiger partial charge < -0.3 is 5.32 Å². The molecule has 0 heterocycles. The lowest BCUT2D eigenvalue weighted by molar-refractivity contribution is 0.198. The number of hydrogen-bond donors (Lipinski definition) is 1. The lowest BCUT2D eigenvalue weighted by Gasteiger charge is -2.32. The van der Waals surface area contributed by atoms with Gasteiger partial charge in [0.15, 0.2) is 0 Å². The summed E-state index contributed by atoms with van der Waals surface area (Å²) in [7, 11) is 0. The van der Waals surface area contributed by atoms with Crippen LogP contribution in [0.4, 0.5) is 0 Å². The second-order valence-electron chi connectivity index (χ2n) is 6.68. The summed E-state index contributed by atoms with van der Waals surface area (Å²) in [4.78, 5) is 2.80. The molecule has 2 rings (SSSR count). The largest absolute Gasteiger partial charge is 0.312 e. The van der Waals surface area contributed by atoms with Crippen LogP contribution in [0.15, 0.2) is 0 Å². The SMILES string of the molecule is CCCCN(CC(NCCC)C1CCCC1)C1CC1. The Morgan fingerprint density at radius 1 is 1.05 bits per heavy atom. The van der Waals surface area contributed by atoms with Gasteiger partial charge in [0, 0.05) is 18.6 Å². The van der Waals surface area contributed by atoms with E-state index in [0.29, 0.717) is 0 Å². The van der Waals surface area contributed by atoms with E-state index in [1.54, 1.807) is 0 Å². The first-order chi connectivity index (χ1) is 9.35. The molecule has 2 saturated carbocycles. The van der Waals surface area contributed by atoms with Crippen LogP contribution in [0.3, 0.4) is 0 Å². The van der Waals surface area contributed by atoms with Gasteiger partial charge in [0.2, 0.25) is 0 Å². The van der Waals surface area contributed by atoms with E-state index in [4.69, 9.17) is 0 Å². The molecule has 0 aromatic carbocycles. The first kappa shape index (κ1) is 15.3. The minimum absolute atomic E-state index is 0.764. The third-order valence-corrected chi connectivity index (χ3v) is 4.92. The minimum atomic E-state index is 0.764. The van der Waals surface area contributed by atoms with E-state index in [-0.39, 0.29) is 0 Å². The van der Waals surface area contributed by atoms with E-state index in [1.165, 1.54) is 77.4 Å². The molecule has 0 amide bonds. The van der Waals surface area contributed by atoms with Gasteiger partial charge in [-0.1, -0.05) is 33.1 Å². The summed E-state index contributed by atoms with van der Waals surface area (Å²) in [5.74, 6) is 0.953. The summed E-state index contributed by atoms with van der Waals surface area (Å²) < 4.78 is 0. The highest BCUT2D eigenvalue weighted by Crippen LogP contribution is 2.31. The van der Waals surface area contributed by atoms with Gasteiger partial charge in [0.1, 0.15) is 0 Å². The smallest absolute Gasteiger partial charge is 0.0223 e. The van der Waals surface area contributed by atoms with Crippen molar-refractivity contribution >= 4 is 0 Å². The summed E-state index contributed by atoms with van der Waals surface area (Å²) >= 11 is 0. The highest BCUT2D eigenvalue weighted by atomic mass is 15.2. The van der Waals surface area contributed by atoms with Crippen LogP contribution in [-0.4, -0.2) is 36.6 Å². The van der Waals surface area contributed by atoms with Crippen LogP contribution >= 0.6 is 0 Å². The average Bonchev–Trinajstić information content (AvgIpc) is 3.13. The van der Waals surface area contributed by atoms with Crippen molar-refractivity contribution < 1.29 is 0 Å². The second-order valence-corrected chi connectivity index (χ2v) is 6.68. The summed E-state index contributed by atoms with van der Waals surface area (Å²) in [5.41, 5.74) is 0. The van der Waals surface area contributed by atoms with Gasteiger partial charge in [0.05, 0.1) is 0 Å². The van der Waals surface area contributed by atoms with Crippen LogP contribution in [0.1, 0.15) is 71.6 Å². The maximum Gasteiger partial charge on any atom is 0.0223 e. The summed E-state index contributed by atoms with van der Waals surface area (Å²) in [6, 6.07) is 1.69. The van der Waals surface area contributed by atoms with Gasteiger partial charge >= 0.3 is 0 Å². The molecule has 2 aliphatic rings. The Morgan fingerprint density at radius 2 is 1.79 bits per heavy atom. The van der Waals surface area contributed by atoms with Crippen molar-refractivity contribution in [3.05, 3.63) is 0 Å². The summed E-state index contributed by atoms with van der Waals surface area (Å²) in [6.07, 6.45) is 12.7. The molecule has 0 aromatic rings. The molecule has 2 fully saturated rings. The van der Waals surface area contributed by atoms with Gasteiger partial charge in [0.25, 0.3) is 0 Å². The van der Waals surface area contributed by atoms with E-state index in [2.05, 4.69) is 24.1 Å². The van der Waals surface area contributed by atoms with Gasteiger partial charge in [-0.05, 0) is 57.5 Å². The second kappa shape index (κ2) is 8.26. The molecule has 0 bridgehead atoms. The van der Waals surface area contributed by atoms with E-state index in [1.807, 2.05) is 0 Å². The van der Waals surface area contributed by atoms with Gasteiger partial charge in [-0.3, -0.25) is 4.90 Å². The predicted octanol–water partition coefficient (Wildman–Crippen LogP) is 3.81. The number of hydrogen-bond acceptors (Lipinski definition) is 2. The molecule has 0 spiro atoms. The molecular formula is C17H34N2. The Bertz CT molecular complexity index is 231. The highest BCUT2D eigenvalue weighted by Gasteiger charge is 2.32. The molecule has 2 aliphatic carbocycles. The molecule has 2 heteroatoms. The maximum absolute atomic E-state index is 3.86. The highest BCUT2D eigenvalue weighted by molar-refractivity contribution is 4.90. The fraction of sp³-hybridized carbons (Fsp3) is 1.00. The van der Waals surface area contributed by atoms with E-state index < -0.39 is 0 Å². The third-order valence-electron chi connectivity index (χ3n) is 4.92. The number of nitrogens with zero attached hydrogens (tertiary/aromatic N) is 1. The molecule has 0 saturated heterocycles. The summed E-state index contributed by atoms with van der Waals surface area (Å²) in [6.45, 7) is 8.45. The van der Waals surface area contributed by atoms with E-state index in [0.717, 1.165) is 18.0 Å². The fourth-order valence-corrected chi connectivity index (χ4v) is 3.55. The van der Waals surface area contributed by atoms with Crippen LogP contribution in [0, 0.1) is 5.92 Å². The first-order valence-electron chi connectivity index (χ1n) is 8.82. The Hall–Kier alpha value is -0.0800. The van der Waals surface area contributed by atoms with E-state index in [9.17, 15) is 0 Å². The van der Waals surface area contributed by atoms with Crippen LogP contribution in [0.5, 0.6) is 0 Å². The van der Waals surface area contributed by atoms with Crippen LogP contribution in [0.25, 0.3) is 0 Å². The standard InChI is InChI=1S/C17H34N2/c1-3-5-13-19(16-10-11-16)14-17(18-12-4-2)15-8-6-7-9-15/h15-18H,3-14H2,1-2H3. The van der Waals surface area contributed by atoms with Crippen LogP contribution < -0.4 is 5.32 Å². The summed E-state index contributed by atoms with van der Waals surface area (Å²) in [5, 5.41) is 3.86. The topological polar surface area (TPSA) is 15.3 Å². The Labute approximate surface area is 120 Å². The van der Waals surface area contributed by atoms with E-state index >= 15 is 0 Å². The van der Waals surface area contributed by atoms with Crippen molar-refractivity contribution in [3.63, 3.8) is 0 Å². The number of nitrogens with one attached hydrogen (secondary N) is 1. The molecule has 2 nitrogen and oxygen atoms in total. The molecule has 1 unspecified atom stereocenters. The van der Waals surface area contributed by atoms with Crippen molar-refractivity contribution in [2.45, 2.75) is 83.7 Å². The van der Waals surface area contributed by atoms with Gasteiger partial charge in [-0.15, -0.1) is 0 Å². The third kappa shape index (κ3) is 5.07. The fourth-order valence-electron chi connectivity index (χ4n) is 3.55. The van der Waals surface area contributed by atoms with Crippen LogP contribution in [-0.2, 0) is 0 Å². The predicted molar refractivity (Wildman–Crippen MR) is 83.5 cm³/mol. The molecule has 0 radical (unpaired) electrons. The number of unbranched alkanes of at least 4 members (excludes halogenated alkanes) is 1. The molecular weight excluding hydrogens is 232 g/mol. The lowest BCUT2D eigenvalue weighted by atomic mass is 9.97. The Morgan fingerprint density at radius 3 is 2.37 bits per heavy atom. The van der Waals surface area contributed by atoms with Gasteiger partial charge in [-0.25, -0.2) is 0 Å². The maximum atomic E-state index is 3.86. The van der Waals surface area contributed by atoms with Crippen molar-refractivity contribution in [3.8, 4) is 0 Å². The average molecular weight is 266 g/mol. The van der Waals surface area contributed by atoms with Crippen molar-refractivity contribution in [1.82, 2.24) is 10.2 Å². The first-order valence-corrected chi connectivity index (χ1v) is 8.82. The quantitative estimate of drug-likeness (QED) is 0.647. The Balaban J connectivity index is 1.84.